The number of unbranched alkanes of at least 4 members (excludes halogenated alkanes) is 3. The second-order valence-electron chi connectivity index (χ2n) is 5.15. The monoisotopic (exact) mass is 273 g/mol. The average Bonchev–Trinajstić information content (AvgIpc) is 2.38. The van der Waals surface area contributed by atoms with Crippen LogP contribution in [0, 0.1) is 5.92 Å². The summed E-state index contributed by atoms with van der Waals surface area (Å²) >= 11 is 0. The van der Waals surface area contributed by atoms with Crippen LogP contribution in [0.25, 0.3) is 0 Å². The van der Waals surface area contributed by atoms with Gasteiger partial charge < -0.3 is 14.7 Å². The maximum Gasteiger partial charge on any atom is 0.307 e. The highest BCUT2D eigenvalue weighted by Gasteiger charge is 2.15. The minimum Gasteiger partial charge on any atom is -0.481 e. The summed E-state index contributed by atoms with van der Waals surface area (Å²) < 4.78 is 5.34. The van der Waals surface area contributed by atoms with E-state index in [1.54, 1.807) is 6.92 Å². The van der Waals surface area contributed by atoms with Gasteiger partial charge in [0.05, 0.1) is 5.92 Å². The molecule has 0 fully saturated rings. The smallest absolute Gasteiger partial charge is 0.307 e. The molecule has 0 radical (unpaired) electrons. The lowest BCUT2D eigenvalue weighted by atomic mass is 10.1. The molecule has 1 atom stereocenters. The Balaban J connectivity index is 3.95. The van der Waals surface area contributed by atoms with E-state index >= 15 is 0 Å². The molecule has 4 nitrogen and oxygen atoms in total. The van der Waals surface area contributed by atoms with E-state index in [1.165, 1.54) is 19.3 Å². The normalized spacial score (nSPS) is 12.8. The zero-order chi connectivity index (χ0) is 14.5. The highest BCUT2D eigenvalue weighted by molar-refractivity contribution is 5.69. The first-order valence-electron chi connectivity index (χ1n) is 7.64. The van der Waals surface area contributed by atoms with Crippen LogP contribution in [-0.4, -0.2) is 48.8 Å². The molecule has 4 heteroatoms. The van der Waals surface area contributed by atoms with E-state index in [0.717, 1.165) is 39.1 Å². The van der Waals surface area contributed by atoms with Crippen molar-refractivity contribution >= 4 is 5.97 Å². The van der Waals surface area contributed by atoms with Crippen LogP contribution in [0.4, 0.5) is 0 Å². The molecule has 0 saturated heterocycles. The highest BCUT2D eigenvalue weighted by Crippen LogP contribution is 2.06. The SMILES string of the molecule is CCCCCCN(CCCOCC)CC(C)C(=O)O. The van der Waals surface area contributed by atoms with Crippen LogP contribution in [0.2, 0.25) is 0 Å². The van der Waals surface area contributed by atoms with Crippen LogP contribution < -0.4 is 0 Å². The lowest BCUT2D eigenvalue weighted by Crippen LogP contribution is -2.34. The van der Waals surface area contributed by atoms with Crippen molar-refractivity contribution in [3.8, 4) is 0 Å². The molecule has 0 aromatic heterocycles. The number of carbonyl (C=O) groups is 1. The van der Waals surface area contributed by atoms with E-state index < -0.39 is 5.97 Å². The molecule has 1 unspecified atom stereocenters. The van der Waals surface area contributed by atoms with Crippen molar-refractivity contribution in [3.05, 3.63) is 0 Å². The van der Waals surface area contributed by atoms with Gasteiger partial charge in [0.15, 0.2) is 0 Å². The van der Waals surface area contributed by atoms with Crippen LogP contribution in [0.15, 0.2) is 0 Å². The zero-order valence-corrected chi connectivity index (χ0v) is 12.9. The van der Waals surface area contributed by atoms with E-state index in [-0.39, 0.29) is 5.92 Å². The fourth-order valence-electron chi connectivity index (χ4n) is 2.06. The molecule has 1 N–H and O–H groups in total. The minimum absolute atomic E-state index is 0.293. The Hall–Kier alpha value is -0.610. The molecule has 0 aromatic rings. The molecule has 19 heavy (non-hydrogen) atoms. The Bertz CT molecular complexity index is 209. The van der Waals surface area contributed by atoms with E-state index in [4.69, 9.17) is 9.84 Å². The second kappa shape index (κ2) is 12.4. The Morgan fingerprint density at radius 1 is 1.16 bits per heavy atom. The summed E-state index contributed by atoms with van der Waals surface area (Å²) in [4.78, 5) is 13.2. The van der Waals surface area contributed by atoms with Crippen molar-refractivity contribution in [2.75, 3.05) is 32.8 Å². The van der Waals surface area contributed by atoms with Crippen LogP contribution in [-0.2, 0) is 9.53 Å². The maximum atomic E-state index is 10.9. The molecule has 0 aliphatic carbocycles. The lowest BCUT2D eigenvalue weighted by molar-refractivity contribution is -0.141. The number of rotatable bonds is 13. The fourth-order valence-corrected chi connectivity index (χ4v) is 2.06. The molecule has 0 spiro atoms. The number of hydrogen-bond donors (Lipinski definition) is 1. The largest absolute Gasteiger partial charge is 0.481 e. The quantitative estimate of drug-likeness (QED) is 0.524. The molecule has 0 bridgehead atoms. The zero-order valence-electron chi connectivity index (χ0n) is 12.9. The Kier molecular flexibility index (Phi) is 12.0. The van der Waals surface area contributed by atoms with Crippen molar-refractivity contribution in [2.45, 2.75) is 52.9 Å². The van der Waals surface area contributed by atoms with Crippen LogP contribution in [0.1, 0.15) is 52.9 Å². The van der Waals surface area contributed by atoms with Gasteiger partial charge in [0.2, 0.25) is 0 Å². The van der Waals surface area contributed by atoms with Gasteiger partial charge in [0.25, 0.3) is 0 Å². The molecule has 0 amide bonds. The Morgan fingerprint density at radius 3 is 2.42 bits per heavy atom. The number of carboxylic acids is 1. The van der Waals surface area contributed by atoms with Gasteiger partial charge in [-0.05, 0) is 26.3 Å². The fraction of sp³-hybridized carbons (Fsp3) is 0.933. The summed E-state index contributed by atoms with van der Waals surface area (Å²) in [5.74, 6) is -0.998. The molecular formula is C15H31NO3. The van der Waals surface area contributed by atoms with Gasteiger partial charge in [0.1, 0.15) is 0 Å². The summed E-state index contributed by atoms with van der Waals surface area (Å²) in [7, 11) is 0. The van der Waals surface area contributed by atoms with Crippen molar-refractivity contribution in [2.24, 2.45) is 5.92 Å². The van der Waals surface area contributed by atoms with Crippen molar-refractivity contribution in [1.82, 2.24) is 4.90 Å². The first-order chi connectivity index (χ1) is 9.11. The number of carboxylic acid groups (broad SMARTS) is 1. The van der Waals surface area contributed by atoms with Gasteiger partial charge in [-0.1, -0.05) is 33.1 Å². The Labute approximate surface area is 118 Å². The third kappa shape index (κ3) is 11.0. The first kappa shape index (κ1) is 18.4. The molecule has 0 aliphatic rings. The molecule has 0 aromatic carbocycles. The third-order valence-electron chi connectivity index (χ3n) is 3.25. The number of ether oxygens (including phenoxy) is 1. The molecule has 0 heterocycles. The van der Waals surface area contributed by atoms with Gasteiger partial charge in [0, 0.05) is 26.3 Å². The summed E-state index contributed by atoms with van der Waals surface area (Å²) in [6.45, 7) is 10.1. The van der Waals surface area contributed by atoms with Gasteiger partial charge in [-0.15, -0.1) is 0 Å². The van der Waals surface area contributed by atoms with Crippen molar-refractivity contribution in [3.63, 3.8) is 0 Å². The topological polar surface area (TPSA) is 49.8 Å². The molecule has 114 valence electrons. The summed E-state index contributed by atoms with van der Waals surface area (Å²) in [6, 6.07) is 0. The van der Waals surface area contributed by atoms with Gasteiger partial charge in [-0.25, -0.2) is 0 Å². The average molecular weight is 273 g/mol. The predicted octanol–water partition coefficient (Wildman–Crippen LogP) is 3.02. The van der Waals surface area contributed by atoms with Gasteiger partial charge in [-0.3, -0.25) is 4.79 Å². The van der Waals surface area contributed by atoms with Crippen LogP contribution >= 0.6 is 0 Å². The summed E-state index contributed by atoms with van der Waals surface area (Å²) in [5, 5.41) is 9.00. The van der Waals surface area contributed by atoms with E-state index in [1.807, 2.05) is 6.92 Å². The number of hydrogen-bond acceptors (Lipinski definition) is 3. The van der Waals surface area contributed by atoms with Gasteiger partial charge >= 0.3 is 5.97 Å². The molecule has 0 aliphatic heterocycles. The molecular weight excluding hydrogens is 242 g/mol. The first-order valence-corrected chi connectivity index (χ1v) is 7.64. The minimum atomic E-state index is -0.705. The molecule has 0 saturated carbocycles. The highest BCUT2D eigenvalue weighted by atomic mass is 16.5. The standard InChI is InChI=1S/C15H31NO3/c1-4-6-7-8-10-16(11-9-12-19-5-2)13-14(3)15(17)18/h14H,4-13H2,1-3H3,(H,17,18). The van der Waals surface area contributed by atoms with Crippen molar-refractivity contribution in [1.29, 1.82) is 0 Å². The van der Waals surface area contributed by atoms with E-state index in [0.29, 0.717) is 6.54 Å². The van der Waals surface area contributed by atoms with Crippen molar-refractivity contribution < 1.29 is 14.6 Å². The third-order valence-corrected chi connectivity index (χ3v) is 3.25. The summed E-state index contributed by atoms with van der Waals surface area (Å²) in [6.07, 6.45) is 5.87. The lowest BCUT2D eigenvalue weighted by Gasteiger charge is -2.24. The summed E-state index contributed by atoms with van der Waals surface area (Å²) in [5.41, 5.74) is 0. The predicted molar refractivity (Wildman–Crippen MR) is 78.5 cm³/mol. The van der Waals surface area contributed by atoms with Crippen LogP contribution in [0.3, 0.4) is 0 Å². The van der Waals surface area contributed by atoms with Gasteiger partial charge in [-0.2, -0.15) is 0 Å². The second-order valence-corrected chi connectivity index (χ2v) is 5.15. The maximum absolute atomic E-state index is 10.9. The van der Waals surface area contributed by atoms with E-state index in [9.17, 15) is 4.79 Å². The van der Waals surface area contributed by atoms with E-state index in [2.05, 4.69) is 11.8 Å². The number of nitrogens with zero attached hydrogens (tertiary/aromatic N) is 1. The Morgan fingerprint density at radius 2 is 1.84 bits per heavy atom. The van der Waals surface area contributed by atoms with Crippen LogP contribution in [0.5, 0.6) is 0 Å². The number of aliphatic carboxylic acids is 1. The molecule has 0 rings (SSSR count).